The monoisotopic (exact) mass is 199 g/mol. The lowest BCUT2D eigenvalue weighted by atomic mass is 10.4. The molecule has 0 aliphatic carbocycles. The van der Waals surface area contributed by atoms with Gasteiger partial charge in [0.25, 0.3) is 0 Å². The van der Waals surface area contributed by atoms with Gasteiger partial charge < -0.3 is 5.40 Å². The Morgan fingerprint density at radius 2 is 1.83 bits per heavy atom. The molecule has 0 aliphatic heterocycles. The van der Waals surface area contributed by atoms with E-state index in [-0.39, 0.29) is 5.00 Å². The van der Waals surface area contributed by atoms with Crippen LogP contribution in [-0.4, -0.2) is 13.2 Å². The Labute approximate surface area is 79.6 Å². The molecule has 12 heavy (non-hydrogen) atoms. The minimum atomic E-state index is -1.89. The summed E-state index contributed by atoms with van der Waals surface area (Å²) in [4.78, 5) is 0. The highest BCUT2D eigenvalue weighted by Crippen LogP contribution is 2.07. The average Bonchev–Trinajstić information content (AvgIpc) is 2.06. The number of hydrogen-bond acceptors (Lipinski definition) is 1. The Hall–Kier alpha value is -0.313. The number of hydrogen-bond donors (Lipinski definition) is 1. The van der Waals surface area contributed by atoms with E-state index in [9.17, 15) is 0 Å². The SMILES string of the molecule is CC(Cl)[Si](C)(N)c1ccccc1. The summed E-state index contributed by atoms with van der Waals surface area (Å²) >= 11 is 6.04. The third-order valence-corrected chi connectivity index (χ3v) is 6.81. The third kappa shape index (κ3) is 1.89. The molecule has 2 unspecified atom stereocenters. The number of nitrogens with two attached hydrogens (primary N) is 1. The first-order valence-electron chi connectivity index (χ1n) is 4.03. The molecular formula is C9H14ClNSi. The van der Waals surface area contributed by atoms with E-state index in [0.717, 1.165) is 0 Å². The molecule has 1 aromatic rings. The molecule has 0 aliphatic rings. The predicted molar refractivity (Wildman–Crippen MR) is 57.2 cm³/mol. The van der Waals surface area contributed by atoms with Crippen LogP contribution in [0, 0.1) is 0 Å². The van der Waals surface area contributed by atoms with Crippen molar-refractivity contribution in [2.24, 2.45) is 5.40 Å². The maximum absolute atomic E-state index is 6.19. The van der Waals surface area contributed by atoms with E-state index >= 15 is 0 Å². The Balaban J connectivity index is 2.98. The van der Waals surface area contributed by atoms with Gasteiger partial charge in [-0.25, -0.2) is 0 Å². The first-order chi connectivity index (χ1) is 5.55. The fourth-order valence-corrected chi connectivity index (χ4v) is 2.77. The summed E-state index contributed by atoms with van der Waals surface area (Å²) < 4.78 is 0. The van der Waals surface area contributed by atoms with Gasteiger partial charge in [0, 0.05) is 5.00 Å². The second-order valence-corrected chi connectivity index (χ2v) is 8.29. The predicted octanol–water partition coefficient (Wildman–Crippen LogP) is 1.59. The summed E-state index contributed by atoms with van der Waals surface area (Å²) in [5.41, 5.74) is 0. The van der Waals surface area contributed by atoms with Crippen molar-refractivity contribution < 1.29 is 0 Å². The molecule has 2 N–H and O–H groups in total. The minimum absolute atomic E-state index is 0.0694. The Bertz CT molecular complexity index is 246. The van der Waals surface area contributed by atoms with Crippen LogP contribution in [-0.2, 0) is 0 Å². The molecule has 0 heterocycles. The molecular weight excluding hydrogens is 186 g/mol. The first kappa shape index (κ1) is 9.77. The van der Waals surface area contributed by atoms with Crippen LogP contribution in [0.25, 0.3) is 0 Å². The van der Waals surface area contributed by atoms with E-state index in [2.05, 4.69) is 18.7 Å². The van der Waals surface area contributed by atoms with Crippen molar-refractivity contribution in [2.75, 3.05) is 0 Å². The average molecular weight is 200 g/mol. The fourth-order valence-electron chi connectivity index (χ4n) is 1.03. The van der Waals surface area contributed by atoms with Crippen molar-refractivity contribution in [2.45, 2.75) is 18.5 Å². The minimum Gasteiger partial charge on any atom is -0.346 e. The quantitative estimate of drug-likeness (QED) is 0.569. The molecule has 3 heteroatoms. The van der Waals surface area contributed by atoms with E-state index < -0.39 is 8.24 Å². The molecule has 0 spiro atoms. The lowest BCUT2D eigenvalue weighted by molar-refractivity contribution is 1.27. The molecule has 1 rings (SSSR count). The zero-order chi connectivity index (χ0) is 9.19. The number of benzene rings is 1. The smallest absolute Gasteiger partial charge is 0.169 e. The second-order valence-electron chi connectivity index (χ2n) is 3.26. The van der Waals surface area contributed by atoms with Gasteiger partial charge in [0.05, 0.1) is 0 Å². The van der Waals surface area contributed by atoms with Crippen molar-refractivity contribution in [1.82, 2.24) is 0 Å². The molecule has 1 aromatic carbocycles. The molecule has 0 saturated carbocycles. The van der Waals surface area contributed by atoms with Gasteiger partial charge in [-0.2, -0.15) is 0 Å². The molecule has 0 aromatic heterocycles. The molecule has 0 radical (unpaired) electrons. The largest absolute Gasteiger partial charge is 0.346 e. The fraction of sp³-hybridized carbons (Fsp3) is 0.333. The second kappa shape index (κ2) is 3.60. The van der Waals surface area contributed by atoms with Crippen LogP contribution in [0.15, 0.2) is 30.3 Å². The summed E-state index contributed by atoms with van der Waals surface area (Å²) in [7, 11) is -1.89. The highest BCUT2D eigenvalue weighted by molar-refractivity contribution is 6.93. The van der Waals surface area contributed by atoms with E-state index in [1.807, 2.05) is 25.1 Å². The van der Waals surface area contributed by atoms with Gasteiger partial charge in [-0.05, 0) is 12.1 Å². The van der Waals surface area contributed by atoms with Crippen molar-refractivity contribution >= 4 is 25.0 Å². The topological polar surface area (TPSA) is 26.0 Å². The Morgan fingerprint density at radius 3 is 2.25 bits per heavy atom. The van der Waals surface area contributed by atoms with Crippen LogP contribution in [0.5, 0.6) is 0 Å². The summed E-state index contributed by atoms with van der Waals surface area (Å²) in [5, 5.41) is 7.47. The Kier molecular flexibility index (Phi) is 2.93. The van der Waals surface area contributed by atoms with Crippen LogP contribution in [0.3, 0.4) is 0 Å². The lowest BCUT2D eigenvalue weighted by Gasteiger charge is -2.24. The zero-order valence-electron chi connectivity index (χ0n) is 7.42. The molecule has 66 valence electrons. The van der Waals surface area contributed by atoms with Crippen LogP contribution in [0.2, 0.25) is 6.55 Å². The summed E-state index contributed by atoms with van der Waals surface area (Å²) in [6, 6.07) is 10.1. The van der Waals surface area contributed by atoms with Crippen LogP contribution < -0.4 is 10.6 Å². The van der Waals surface area contributed by atoms with E-state index in [1.54, 1.807) is 0 Å². The van der Waals surface area contributed by atoms with Crippen molar-refractivity contribution in [3.8, 4) is 0 Å². The maximum Gasteiger partial charge on any atom is 0.169 e. The summed E-state index contributed by atoms with van der Waals surface area (Å²) in [6.45, 7) is 4.06. The maximum atomic E-state index is 6.19. The number of halogens is 1. The molecule has 1 nitrogen and oxygen atoms in total. The van der Waals surface area contributed by atoms with Gasteiger partial charge in [-0.3, -0.25) is 0 Å². The van der Waals surface area contributed by atoms with E-state index in [0.29, 0.717) is 0 Å². The van der Waals surface area contributed by atoms with Gasteiger partial charge >= 0.3 is 0 Å². The van der Waals surface area contributed by atoms with E-state index in [1.165, 1.54) is 5.19 Å². The molecule has 2 atom stereocenters. The molecule has 0 bridgehead atoms. The van der Waals surface area contributed by atoms with Gasteiger partial charge in [-0.1, -0.05) is 36.9 Å². The van der Waals surface area contributed by atoms with Gasteiger partial charge in [0.15, 0.2) is 8.24 Å². The number of rotatable bonds is 2. The third-order valence-electron chi connectivity index (χ3n) is 2.22. The Morgan fingerprint density at radius 1 is 1.33 bits per heavy atom. The summed E-state index contributed by atoms with van der Waals surface area (Å²) in [6.07, 6.45) is 0. The first-order valence-corrected chi connectivity index (χ1v) is 7.12. The van der Waals surface area contributed by atoms with Crippen LogP contribution in [0.1, 0.15) is 6.92 Å². The molecule has 0 amide bonds. The highest BCUT2D eigenvalue weighted by Gasteiger charge is 2.29. The number of alkyl halides is 1. The van der Waals surface area contributed by atoms with Crippen LogP contribution >= 0.6 is 11.6 Å². The zero-order valence-corrected chi connectivity index (χ0v) is 9.18. The van der Waals surface area contributed by atoms with Crippen molar-refractivity contribution in [3.63, 3.8) is 0 Å². The van der Waals surface area contributed by atoms with Gasteiger partial charge in [0.1, 0.15) is 0 Å². The summed E-state index contributed by atoms with van der Waals surface area (Å²) in [5.74, 6) is 0. The van der Waals surface area contributed by atoms with Crippen LogP contribution in [0.4, 0.5) is 0 Å². The highest BCUT2D eigenvalue weighted by atomic mass is 35.5. The molecule has 0 fully saturated rings. The van der Waals surface area contributed by atoms with Crippen molar-refractivity contribution in [3.05, 3.63) is 30.3 Å². The standard InChI is InChI=1S/C9H14ClNSi/c1-8(10)12(2,11)9-6-4-3-5-7-9/h3-8H,11H2,1-2H3. The molecule has 0 saturated heterocycles. The lowest BCUT2D eigenvalue weighted by Crippen LogP contribution is -2.60. The van der Waals surface area contributed by atoms with Gasteiger partial charge in [-0.15, -0.1) is 11.6 Å². The van der Waals surface area contributed by atoms with Crippen molar-refractivity contribution in [1.29, 1.82) is 0 Å². The van der Waals surface area contributed by atoms with Gasteiger partial charge in [0.2, 0.25) is 0 Å². The van der Waals surface area contributed by atoms with E-state index in [4.69, 9.17) is 17.0 Å². The normalized spacial score (nSPS) is 18.3.